The summed E-state index contributed by atoms with van der Waals surface area (Å²) in [6.45, 7) is 0. The molecule has 5 heteroatoms. The lowest BCUT2D eigenvalue weighted by atomic mass is 9.99. The molecule has 2 fully saturated rings. The minimum atomic E-state index is -0.287. The quantitative estimate of drug-likeness (QED) is 0.464. The first-order valence-corrected chi connectivity index (χ1v) is 5.09. The van der Waals surface area contributed by atoms with Gasteiger partial charge in [0, 0.05) is 0 Å². The van der Waals surface area contributed by atoms with Crippen LogP contribution in [0.5, 0.6) is 0 Å². The second-order valence-electron chi connectivity index (χ2n) is 2.84. The molecule has 0 bridgehead atoms. The topological polar surface area (TPSA) is 12.5 Å². The molecule has 1 saturated carbocycles. The Balaban J connectivity index is 2.13. The van der Waals surface area contributed by atoms with Gasteiger partial charge >= 0.3 is 0 Å². The maximum absolute atomic E-state index is 5.92. The number of alkyl halides is 4. The first-order valence-electron chi connectivity index (χ1n) is 3.34. The van der Waals surface area contributed by atoms with Crippen LogP contribution >= 0.6 is 46.4 Å². The summed E-state index contributed by atoms with van der Waals surface area (Å²) in [6.07, 6.45) is 0.0494. The van der Waals surface area contributed by atoms with Crippen molar-refractivity contribution in [3.63, 3.8) is 0 Å². The standard InChI is InChI=1S/C6H6Cl4O/c7-1-2(8)4(10)6-5(11-6)3(1)9/h1-6H. The summed E-state index contributed by atoms with van der Waals surface area (Å²) in [5.41, 5.74) is 0. The lowest BCUT2D eigenvalue weighted by molar-refractivity contribution is 0.376. The summed E-state index contributed by atoms with van der Waals surface area (Å²) in [5, 5.41) is -0.965. The Morgan fingerprint density at radius 1 is 0.636 bits per heavy atom. The van der Waals surface area contributed by atoms with E-state index in [1.165, 1.54) is 0 Å². The lowest BCUT2D eigenvalue weighted by Gasteiger charge is -2.26. The smallest absolute Gasteiger partial charge is 0.104 e. The molecule has 1 saturated heterocycles. The van der Waals surface area contributed by atoms with Crippen LogP contribution in [0.4, 0.5) is 0 Å². The lowest BCUT2D eigenvalue weighted by Crippen LogP contribution is -2.43. The zero-order valence-electron chi connectivity index (χ0n) is 5.38. The highest BCUT2D eigenvalue weighted by atomic mass is 35.5. The van der Waals surface area contributed by atoms with Crippen LogP contribution in [0.1, 0.15) is 0 Å². The molecule has 2 rings (SSSR count). The molecule has 11 heavy (non-hydrogen) atoms. The van der Waals surface area contributed by atoms with E-state index in [0.29, 0.717) is 0 Å². The van der Waals surface area contributed by atoms with Gasteiger partial charge < -0.3 is 4.74 Å². The van der Waals surface area contributed by atoms with Crippen molar-refractivity contribution in [2.45, 2.75) is 33.7 Å². The Bertz CT molecular complexity index is 158. The molecule has 6 atom stereocenters. The van der Waals surface area contributed by atoms with Crippen LogP contribution in [-0.4, -0.2) is 33.7 Å². The van der Waals surface area contributed by atoms with E-state index in [0.717, 1.165) is 0 Å². The molecule has 1 aliphatic heterocycles. The maximum atomic E-state index is 5.92. The number of hydrogen-bond donors (Lipinski definition) is 0. The van der Waals surface area contributed by atoms with Crippen LogP contribution in [0, 0.1) is 0 Å². The van der Waals surface area contributed by atoms with E-state index in [4.69, 9.17) is 51.1 Å². The molecule has 0 aromatic carbocycles. The van der Waals surface area contributed by atoms with E-state index in [-0.39, 0.29) is 33.7 Å². The molecule has 0 spiro atoms. The summed E-state index contributed by atoms with van der Waals surface area (Å²) in [5.74, 6) is 0. The third-order valence-electron chi connectivity index (χ3n) is 2.10. The van der Waals surface area contributed by atoms with Crippen molar-refractivity contribution in [3.05, 3.63) is 0 Å². The molecule has 64 valence electrons. The molecule has 0 amide bonds. The van der Waals surface area contributed by atoms with Gasteiger partial charge in [-0.2, -0.15) is 0 Å². The van der Waals surface area contributed by atoms with Gasteiger partial charge in [-0.15, -0.1) is 46.4 Å². The van der Waals surface area contributed by atoms with Crippen LogP contribution in [0.15, 0.2) is 0 Å². The Morgan fingerprint density at radius 2 is 1.00 bits per heavy atom. The maximum Gasteiger partial charge on any atom is 0.104 e. The fraction of sp³-hybridized carbons (Fsp3) is 1.00. The molecule has 6 unspecified atom stereocenters. The van der Waals surface area contributed by atoms with Crippen LogP contribution < -0.4 is 0 Å². The van der Waals surface area contributed by atoms with Gasteiger partial charge in [0.1, 0.15) is 12.2 Å². The minimum Gasteiger partial charge on any atom is -0.366 e. The average molecular weight is 236 g/mol. The predicted octanol–water partition coefficient (Wildman–Crippen LogP) is 2.20. The van der Waals surface area contributed by atoms with Gasteiger partial charge in [0.05, 0.1) is 21.5 Å². The summed E-state index contributed by atoms with van der Waals surface area (Å²) >= 11 is 23.6. The molecule has 0 aromatic rings. The second kappa shape index (κ2) is 2.81. The van der Waals surface area contributed by atoms with Gasteiger partial charge in [-0.1, -0.05) is 0 Å². The summed E-state index contributed by atoms with van der Waals surface area (Å²) < 4.78 is 5.21. The van der Waals surface area contributed by atoms with Gasteiger partial charge in [-0.25, -0.2) is 0 Å². The number of epoxide rings is 1. The molecule has 1 aliphatic carbocycles. The first kappa shape index (κ1) is 8.71. The van der Waals surface area contributed by atoms with E-state index >= 15 is 0 Å². The number of fused-ring (bicyclic) bond motifs is 1. The third-order valence-corrected chi connectivity index (χ3v) is 4.61. The summed E-state index contributed by atoms with van der Waals surface area (Å²) in [7, 11) is 0. The van der Waals surface area contributed by atoms with Gasteiger partial charge in [0.2, 0.25) is 0 Å². The van der Waals surface area contributed by atoms with Crippen molar-refractivity contribution in [2.75, 3.05) is 0 Å². The highest BCUT2D eigenvalue weighted by molar-refractivity contribution is 6.39. The number of hydrogen-bond acceptors (Lipinski definition) is 1. The number of halogens is 4. The van der Waals surface area contributed by atoms with Gasteiger partial charge in [-0.3, -0.25) is 0 Å². The van der Waals surface area contributed by atoms with Gasteiger partial charge in [0.25, 0.3) is 0 Å². The Labute approximate surface area is 84.9 Å². The van der Waals surface area contributed by atoms with Crippen LogP contribution in [0.2, 0.25) is 0 Å². The van der Waals surface area contributed by atoms with E-state index in [1.807, 2.05) is 0 Å². The third kappa shape index (κ3) is 1.26. The zero-order chi connectivity index (χ0) is 8.17. The van der Waals surface area contributed by atoms with Gasteiger partial charge in [0.15, 0.2) is 0 Å². The van der Waals surface area contributed by atoms with E-state index in [9.17, 15) is 0 Å². The largest absolute Gasteiger partial charge is 0.366 e. The van der Waals surface area contributed by atoms with E-state index in [2.05, 4.69) is 0 Å². The zero-order valence-corrected chi connectivity index (χ0v) is 8.41. The average Bonchev–Trinajstić information content (AvgIpc) is 2.76. The van der Waals surface area contributed by atoms with Crippen LogP contribution in [0.3, 0.4) is 0 Å². The molecular weight excluding hydrogens is 230 g/mol. The second-order valence-corrected chi connectivity index (χ2v) is 4.86. The molecule has 0 radical (unpaired) electrons. The number of ether oxygens (including phenoxy) is 1. The molecular formula is C6H6Cl4O. The molecule has 2 aliphatic rings. The Kier molecular flexibility index (Phi) is 2.23. The van der Waals surface area contributed by atoms with E-state index < -0.39 is 0 Å². The molecule has 0 aromatic heterocycles. The minimum absolute atomic E-state index is 0.0247. The van der Waals surface area contributed by atoms with Crippen LogP contribution in [0.25, 0.3) is 0 Å². The van der Waals surface area contributed by atoms with Gasteiger partial charge in [-0.05, 0) is 0 Å². The summed E-state index contributed by atoms with van der Waals surface area (Å²) in [6, 6.07) is 0. The van der Waals surface area contributed by atoms with Crippen molar-refractivity contribution < 1.29 is 4.74 Å². The van der Waals surface area contributed by atoms with Crippen molar-refractivity contribution in [3.8, 4) is 0 Å². The fourth-order valence-electron chi connectivity index (χ4n) is 1.36. The normalized spacial score (nSPS) is 62.2. The Morgan fingerprint density at radius 3 is 1.36 bits per heavy atom. The SMILES string of the molecule is ClC1C(Cl)C(Cl)C2OC2C1Cl. The van der Waals surface area contributed by atoms with E-state index in [1.54, 1.807) is 0 Å². The highest BCUT2D eigenvalue weighted by Gasteiger charge is 2.59. The van der Waals surface area contributed by atoms with Crippen molar-refractivity contribution >= 4 is 46.4 Å². The highest BCUT2D eigenvalue weighted by Crippen LogP contribution is 2.46. The molecule has 1 heterocycles. The Hall–Kier alpha value is 1.12. The predicted molar refractivity (Wildman–Crippen MR) is 47.2 cm³/mol. The summed E-state index contributed by atoms with van der Waals surface area (Å²) in [4.78, 5) is 0. The number of rotatable bonds is 0. The van der Waals surface area contributed by atoms with Crippen molar-refractivity contribution in [1.29, 1.82) is 0 Å². The fourth-order valence-corrected chi connectivity index (χ4v) is 2.83. The van der Waals surface area contributed by atoms with Crippen molar-refractivity contribution in [1.82, 2.24) is 0 Å². The van der Waals surface area contributed by atoms with Crippen LogP contribution in [-0.2, 0) is 4.74 Å². The molecule has 1 nitrogen and oxygen atoms in total. The molecule has 0 N–H and O–H groups in total. The van der Waals surface area contributed by atoms with Crippen molar-refractivity contribution in [2.24, 2.45) is 0 Å². The first-order chi connectivity index (χ1) is 5.13. The monoisotopic (exact) mass is 234 g/mol.